The fourth-order valence-corrected chi connectivity index (χ4v) is 3.71. The van der Waals surface area contributed by atoms with Gasteiger partial charge in [-0.1, -0.05) is 51.2 Å². The van der Waals surface area contributed by atoms with Gasteiger partial charge in [0.15, 0.2) is 0 Å². The molecule has 0 N–H and O–H groups in total. The lowest BCUT2D eigenvalue weighted by Crippen LogP contribution is -1.94. The van der Waals surface area contributed by atoms with Gasteiger partial charge in [-0.25, -0.2) is 8.42 Å². The van der Waals surface area contributed by atoms with E-state index in [9.17, 15) is 8.42 Å². The first-order chi connectivity index (χ1) is 9.65. The van der Waals surface area contributed by atoms with E-state index < -0.39 is 9.84 Å². The Hall–Kier alpha value is -1.29. The molecule has 0 spiro atoms. The Morgan fingerprint density at radius 3 is 2.50 bits per heavy atom. The van der Waals surface area contributed by atoms with E-state index in [-0.39, 0.29) is 0 Å². The van der Waals surface area contributed by atoms with Crippen LogP contribution in [-0.2, 0) is 14.6 Å². The van der Waals surface area contributed by atoms with E-state index in [0.29, 0.717) is 22.8 Å². The average Bonchev–Trinajstić information content (AvgIpc) is 2.70. The van der Waals surface area contributed by atoms with Gasteiger partial charge in [-0.2, -0.15) is 0 Å². The average molecular weight is 294 g/mol. The zero-order valence-corrected chi connectivity index (χ0v) is 12.8. The number of ether oxygens (including phenoxy) is 1. The summed E-state index contributed by atoms with van der Waals surface area (Å²) in [4.78, 5) is 0.359. The molecule has 0 saturated carbocycles. The van der Waals surface area contributed by atoms with Crippen LogP contribution in [0.3, 0.4) is 0 Å². The fourth-order valence-electron chi connectivity index (χ4n) is 2.36. The summed E-state index contributed by atoms with van der Waals surface area (Å²) in [6.07, 6.45) is 7.15. The molecule has 1 aliphatic rings. The first-order valence-electron chi connectivity index (χ1n) is 7.34. The van der Waals surface area contributed by atoms with Crippen molar-refractivity contribution in [1.82, 2.24) is 0 Å². The predicted octanol–water partition coefficient (Wildman–Crippen LogP) is 4.15. The van der Waals surface area contributed by atoms with E-state index in [1.54, 1.807) is 18.2 Å². The second kappa shape index (κ2) is 6.93. The van der Waals surface area contributed by atoms with E-state index in [1.165, 1.54) is 31.1 Å². The van der Waals surface area contributed by atoms with Crippen molar-refractivity contribution in [3.8, 4) is 0 Å². The third kappa shape index (κ3) is 3.63. The molecule has 0 radical (unpaired) electrons. The van der Waals surface area contributed by atoms with Gasteiger partial charge >= 0.3 is 0 Å². The summed E-state index contributed by atoms with van der Waals surface area (Å²) in [5, 5.41) is 1.24. The van der Waals surface area contributed by atoms with Crippen LogP contribution in [0.1, 0.15) is 51.0 Å². The van der Waals surface area contributed by atoms with E-state index in [2.05, 4.69) is 6.92 Å². The van der Waals surface area contributed by atoms with Crippen molar-refractivity contribution in [3.63, 3.8) is 0 Å². The Kier molecular flexibility index (Phi) is 5.24. The van der Waals surface area contributed by atoms with Crippen molar-refractivity contribution in [2.75, 3.05) is 6.61 Å². The van der Waals surface area contributed by atoms with Gasteiger partial charge < -0.3 is 4.74 Å². The molecule has 1 aromatic carbocycles. The first kappa shape index (κ1) is 15.1. The highest BCUT2D eigenvalue weighted by Gasteiger charge is 2.27. The highest BCUT2D eigenvalue weighted by atomic mass is 32.2. The third-order valence-corrected chi connectivity index (χ3v) is 4.97. The van der Waals surface area contributed by atoms with Crippen LogP contribution in [0.25, 0.3) is 5.76 Å². The quantitative estimate of drug-likeness (QED) is 0.676. The fraction of sp³-hybridized carbons (Fsp3) is 0.500. The molecule has 0 aromatic heterocycles. The topological polar surface area (TPSA) is 43.4 Å². The van der Waals surface area contributed by atoms with E-state index >= 15 is 0 Å². The van der Waals surface area contributed by atoms with Gasteiger partial charge in [0.1, 0.15) is 5.76 Å². The predicted molar refractivity (Wildman–Crippen MR) is 80.9 cm³/mol. The molecule has 1 aliphatic heterocycles. The number of hydrogen-bond donors (Lipinski definition) is 0. The van der Waals surface area contributed by atoms with E-state index in [1.807, 2.05) is 6.07 Å². The van der Waals surface area contributed by atoms with Crippen molar-refractivity contribution in [2.45, 2.75) is 50.3 Å². The molecular weight excluding hydrogens is 272 g/mol. The second-order valence-corrected chi connectivity index (χ2v) is 6.91. The van der Waals surface area contributed by atoms with Gasteiger partial charge in [-0.3, -0.25) is 0 Å². The number of hydrogen-bond acceptors (Lipinski definition) is 3. The maximum Gasteiger partial charge on any atom is 0.204 e. The molecule has 0 atom stereocenters. The minimum atomic E-state index is -3.30. The molecular formula is C16H22O3S. The van der Waals surface area contributed by atoms with Gasteiger partial charge in [0.2, 0.25) is 9.84 Å². The number of sulfone groups is 1. The molecule has 2 rings (SSSR count). The Labute approximate surface area is 121 Å². The van der Waals surface area contributed by atoms with Crippen LogP contribution in [0.5, 0.6) is 0 Å². The molecule has 0 amide bonds. The maximum atomic E-state index is 11.9. The summed E-state index contributed by atoms with van der Waals surface area (Å²) >= 11 is 0. The summed E-state index contributed by atoms with van der Waals surface area (Å²) < 4.78 is 29.5. The van der Waals surface area contributed by atoms with Gasteiger partial charge in [0, 0.05) is 5.56 Å². The van der Waals surface area contributed by atoms with Gasteiger partial charge in [-0.05, 0) is 18.6 Å². The minimum Gasteiger partial charge on any atom is -0.492 e. The Bertz CT molecular complexity index is 573. The van der Waals surface area contributed by atoms with E-state index in [4.69, 9.17) is 4.74 Å². The summed E-state index contributed by atoms with van der Waals surface area (Å²) in [7, 11) is -3.30. The molecule has 1 aromatic rings. The first-order valence-corrected chi connectivity index (χ1v) is 8.89. The van der Waals surface area contributed by atoms with Crippen molar-refractivity contribution in [1.29, 1.82) is 0 Å². The summed E-state index contributed by atoms with van der Waals surface area (Å²) in [6.45, 7) is 2.79. The van der Waals surface area contributed by atoms with Crippen LogP contribution in [0, 0.1) is 0 Å². The van der Waals surface area contributed by atoms with Crippen molar-refractivity contribution in [2.24, 2.45) is 0 Å². The molecule has 20 heavy (non-hydrogen) atoms. The molecule has 0 unspecified atom stereocenters. The minimum absolute atomic E-state index is 0.359. The molecule has 3 nitrogen and oxygen atoms in total. The highest BCUT2D eigenvalue weighted by Crippen LogP contribution is 2.33. The summed E-state index contributed by atoms with van der Waals surface area (Å²) in [5.41, 5.74) is 0.693. The van der Waals surface area contributed by atoms with Crippen molar-refractivity contribution >= 4 is 15.6 Å². The zero-order chi connectivity index (χ0) is 14.4. The Balaban J connectivity index is 1.83. The zero-order valence-electron chi connectivity index (χ0n) is 12.0. The number of fused-ring (bicyclic) bond motifs is 1. The number of rotatable bonds is 8. The molecule has 0 aliphatic carbocycles. The molecule has 4 heteroatoms. The molecule has 1 heterocycles. The summed E-state index contributed by atoms with van der Waals surface area (Å²) in [6, 6.07) is 7.00. The van der Waals surface area contributed by atoms with Crippen molar-refractivity contribution in [3.05, 3.63) is 35.2 Å². The maximum absolute atomic E-state index is 11.9. The van der Waals surface area contributed by atoms with E-state index in [0.717, 1.165) is 12.8 Å². The molecule has 110 valence electrons. The van der Waals surface area contributed by atoms with Crippen LogP contribution < -0.4 is 0 Å². The number of unbranched alkanes of at least 4 members (excludes halogenated alkanes) is 5. The van der Waals surface area contributed by atoms with Crippen LogP contribution in [0.4, 0.5) is 0 Å². The highest BCUT2D eigenvalue weighted by molar-refractivity contribution is 7.94. The Morgan fingerprint density at radius 1 is 1.00 bits per heavy atom. The van der Waals surface area contributed by atoms with Gasteiger partial charge in [-0.15, -0.1) is 0 Å². The Morgan fingerprint density at radius 2 is 1.70 bits per heavy atom. The summed E-state index contributed by atoms with van der Waals surface area (Å²) in [5.74, 6) is 0.495. The second-order valence-electron chi connectivity index (χ2n) is 5.14. The monoisotopic (exact) mass is 294 g/mol. The van der Waals surface area contributed by atoms with Gasteiger partial charge in [0.25, 0.3) is 0 Å². The largest absolute Gasteiger partial charge is 0.492 e. The standard InChI is InChI=1S/C16H22O3S/c1-2-3-4-5-6-9-12-19-15-13-20(17,18)16-11-8-7-10-14(15)16/h7-8,10-11,13H,2-6,9,12H2,1H3. The lowest BCUT2D eigenvalue weighted by molar-refractivity contribution is 0.266. The smallest absolute Gasteiger partial charge is 0.204 e. The van der Waals surface area contributed by atoms with Crippen LogP contribution >= 0.6 is 0 Å². The third-order valence-electron chi connectivity index (χ3n) is 3.48. The molecule has 0 fully saturated rings. The van der Waals surface area contributed by atoms with Crippen molar-refractivity contribution < 1.29 is 13.2 Å². The number of benzene rings is 1. The van der Waals surface area contributed by atoms with Gasteiger partial charge in [0.05, 0.1) is 16.9 Å². The normalized spacial score (nSPS) is 15.8. The van der Waals surface area contributed by atoms with Crippen LogP contribution in [0.15, 0.2) is 34.6 Å². The lowest BCUT2D eigenvalue weighted by Gasteiger charge is -2.07. The lowest BCUT2D eigenvalue weighted by atomic mass is 10.1. The molecule has 0 saturated heterocycles. The SMILES string of the molecule is CCCCCCCCOC1=CS(=O)(=O)c2ccccc21. The van der Waals surface area contributed by atoms with Crippen LogP contribution in [-0.4, -0.2) is 15.0 Å². The molecule has 0 bridgehead atoms. The van der Waals surface area contributed by atoms with Crippen LogP contribution in [0.2, 0.25) is 0 Å².